The lowest BCUT2D eigenvalue weighted by atomic mass is 10.0. The Labute approximate surface area is 734 Å². The molecule has 129 heavy (non-hydrogen) atoms. The third-order valence-corrected chi connectivity index (χ3v) is 26.2. The smallest absolute Gasteiger partial charge is 0.211 e. The van der Waals surface area contributed by atoms with Gasteiger partial charge in [-0.3, -0.25) is 13.7 Å². The lowest BCUT2D eigenvalue weighted by molar-refractivity contribution is -0.595. The summed E-state index contributed by atoms with van der Waals surface area (Å²) in [4.78, 5) is 14.3. The maximum Gasteiger partial charge on any atom is 0.211 e. The number of benzene rings is 16. The predicted octanol–water partition coefficient (Wildman–Crippen LogP) is 29.5. The molecular formula is C116H71N10O3+. The summed E-state index contributed by atoms with van der Waals surface area (Å²) in [7, 11) is 0. The van der Waals surface area contributed by atoms with Gasteiger partial charge in [0.15, 0.2) is 12.4 Å². The van der Waals surface area contributed by atoms with Crippen molar-refractivity contribution in [3.8, 4) is 50.9 Å². The minimum atomic E-state index is 0.864. The van der Waals surface area contributed by atoms with Gasteiger partial charge in [-0.15, -0.1) is 0 Å². The molecule has 0 radical (unpaired) electrons. The van der Waals surface area contributed by atoms with E-state index in [1.165, 1.54) is 81.6 Å². The predicted molar refractivity (Wildman–Crippen MR) is 528 cm³/mol. The molecule has 0 aliphatic carbocycles. The second kappa shape index (κ2) is 28.4. The zero-order chi connectivity index (χ0) is 84.5. The normalized spacial score (nSPS) is 12.0. The molecule has 0 aliphatic rings. The number of aromatic nitrogens is 10. The summed E-state index contributed by atoms with van der Waals surface area (Å²) in [6.45, 7) is 0. The van der Waals surface area contributed by atoms with E-state index >= 15 is 0 Å². The Bertz CT molecular complexity index is 8850. The van der Waals surface area contributed by atoms with Crippen molar-refractivity contribution in [2.24, 2.45) is 0 Å². The van der Waals surface area contributed by atoms with Crippen molar-refractivity contribution in [2.75, 3.05) is 0 Å². The Hall–Kier alpha value is -17.7. The Balaban J connectivity index is 0.000000100. The fourth-order valence-electron chi connectivity index (χ4n) is 20.5. The van der Waals surface area contributed by atoms with Gasteiger partial charge in [-0.1, -0.05) is 182 Å². The van der Waals surface area contributed by atoms with Gasteiger partial charge in [0.1, 0.15) is 56.1 Å². The molecule has 0 saturated heterocycles. The van der Waals surface area contributed by atoms with Crippen LogP contribution in [-0.2, 0) is 0 Å². The van der Waals surface area contributed by atoms with E-state index < -0.39 is 0 Å². The van der Waals surface area contributed by atoms with Crippen molar-refractivity contribution in [1.29, 1.82) is 0 Å². The highest BCUT2D eigenvalue weighted by Gasteiger charge is 2.24. The van der Waals surface area contributed by atoms with Crippen LogP contribution in [0.4, 0.5) is 0 Å². The highest BCUT2D eigenvalue weighted by molar-refractivity contribution is 6.17. The number of furan rings is 3. The maximum atomic E-state index is 6.35. The molecule has 0 fully saturated rings. The van der Waals surface area contributed by atoms with E-state index in [1.54, 1.807) is 0 Å². The first kappa shape index (κ1) is 71.8. The van der Waals surface area contributed by atoms with Crippen molar-refractivity contribution in [1.82, 2.24) is 42.4 Å². The minimum absolute atomic E-state index is 0.864. The fraction of sp³-hybridized carbons (Fsp3) is 0. The third kappa shape index (κ3) is 11.2. The lowest BCUT2D eigenvalue weighted by Crippen LogP contribution is -2.30. The van der Waals surface area contributed by atoms with Gasteiger partial charge in [0.05, 0.1) is 49.7 Å². The number of nitrogens with zero attached hydrogens (tertiary/aromatic N) is 10. The van der Waals surface area contributed by atoms with Crippen molar-refractivity contribution in [2.45, 2.75) is 0 Å². The van der Waals surface area contributed by atoms with E-state index in [9.17, 15) is 0 Å². The average Bonchev–Trinajstić information content (AvgIpc) is 1.60. The van der Waals surface area contributed by atoms with Crippen LogP contribution in [0.3, 0.4) is 0 Å². The molecule has 0 aliphatic heterocycles. The lowest BCUT2D eigenvalue weighted by Gasteiger charge is -2.10. The largest absolute Gasteiger partial charge is 0.456 e. The highest BCUT2D eigenvalue weighted by atomic mass is 16.3. The van der Waals surface area contributed by atoms with E-state index in [0.29, 0.717) is 0 Å². The van der Waals surface area contributed by atoms with E-state index in [1.807, 2.05) is 36.8 Å². The molecular weight excluding hydrogens is 1580 g/mol. The standard InChI is InChI=1S/C41H25N3O.C40H25N4O.C35H21N3O/c1-4-15-36-30(11-1)31-12-2-5-16-37(31)43(36)29-19-21-40-35(25-29)34-24-27(18-20-39(34)45-40)26-9-7-10-28(23-26)44-38-17-6-3-13-32(38)33-14-8-22-42-41(33)44;1-4-14-35-29(10-1)30-11-2-5-15-36(30)43(35)28-9-8-22-42(25-28)26-17-19-38-33(23-26)34-24-27(18-20-39(34)45-38)44-37-16-6-3-12-31(37)32-13-7-21-41-40(32)44;1-4-12-30-24(8-1)25-9-2-5-13-31(25)37(30)22-15-17-33-28(20-22)29-21-23(16-18-34(29)39-33)38-32-14-6-3-10-26(32)27-11-7-19-36-35(27)38/h2*1-25H;1-21H/q;+1;. The number of rotatable bonds is 8. The summed E-state index contributed by atoms with van der Waals surface area (Å²) < 4.78 is 35.0. The van der Waals surface area contributed by atoms with Crippen molar-refractivity contribution < 1.29 is 17.8 Å². The molecule has 13 heterocycles. The first-order chi connectivity index (χ1) is 64.0. The summed E-state index contributed by atoms with van der Waals surface area (Å²) in [6.07, 6.45) is 9.91. The minimum Gasteiger partial charge on any atom is -0.456 e. The van der Waals surface area contributed by atoms with Crippen molar-refractivity contribution >= 4 is 197 Å². The van der Waals surface area contributed by atoms with E-state index in [-0.39, 0.29) is 0 Å². The van der Waals surface area contributed by atoms with E-state index in [4.69, 9.17) is 28.2 Å². The van der Waals surface area contributed by atoms with Crippen LogP contribution in [0, 0.1) is 0 Å². The molecule has 13 nitrogen and oxygen atoms in total. The zero-order valence-corrected chi connectivity index (χ0v) is 69.2. The summed E-state index contributed by atoms with van der Waals surface area (Å²) in [5.41, 5.74) is 28.6. The quantitative estimate of drug-likeness (QED) is 0.140. The molecule has 0 spiro atoms. The number of pyridine rings is 4. The Morgan fingerprint density at radius 3 is 0.806 bits per heavy atom. The molecule has 13 heteroatoms. The Kier molecular flexibility index (Phi) is 15.8. The molecule has 0 saturated carbocycles. The summed E-state index contributed by atoms with van der Waals surface area (Å²) in [6, 6.07) is 142. The summed E-state index contributed by atoms with van der Waals surface area (Å²) in [5.74, 6) is 0. The van der Waals surface area contributed by atoms with E-state index in [2.05, 4.69) is 427 Å². The topological polar surface area (TPSA) is 112 Å². The maximum absolute atomic E-state index is 6.35. The molecule has 0 amide bonds. The monoisotopic (exact) mass is 1650 g/mol. The van der Waals surface area contributed by atoms with Crippen molar-refractivity contribution in [3.63, 3.8) is 0 Å². The molecule has 16 aromatic carbocycles. The SMILES string of the molecule is c1cc(-c2ccc3oc4ccc(-n5c6ccccc6c6ccccc65)cc4c3c2)cc(-n2c3ccccc3c3cccnc32)c1.c1ccc2c(c1)c1ccccc1n2-c1ccc2oc3ccc(-n4c5ccccc5c5cccnc54)cc3c2c1.c1ccc2c(c1)c1ccccc1n2-c1ccc[n+](-c2ccc3oc4ccc(-n5c6ccccc6c6cccnc65)cc4c3c2)c1. The van der Waals surface area contributed by atoms with Crippen LogP contribution in [0.15, 0.2) is 445 Å². The number of para-hydroxylation sites is 9. The van der Waals surface area contributed by atoms with Gasteiger partial charge < -0.3 is 27.0 Å². The average molecular weight is 1650 g/mol. The van der Waals surface area contributed by atoms with Gasteiger partial charge in [-0.2, -0.15) is 4.57 Å². The van der Waals surface area contributed by atoms with Gasteiger partial charge in [-0.25, -0.2) is 15.0 Å². The molecule has 0 unspecified atom stereocenters. The molecule has 0 atom stereocenters. The number of hydrogen-bond acceptors (Lipinski definition) is 6. The second-order valence-electron chi connectivity index (χ2n) is 33.2. The van der Waals surface area contributed by atoms with Crippen LogP contribution in [0.1, 0.15) is 0 Å². The zero-order valence-electron chi connectivity index (χ0n) is 69.2. The first-order valence-electron chi connectivity index (χ1n) is 43.5. The molecule has 13 aromatic heterocycles. The molecule has 29 rings (SSSR count). The molecule has 0 N–H and O–H groups in total. The highest BCUT2D eigenvalue weighted by Crippen LogP contribution is 2.44. The molecule has 0 bridgehead atoms. The third-order valence-electron chi connectivity index (χ3n) is 26.2. The first-order valence-corrected chi connectivity index (χ1v) is 43.5. The molecule has 29 aromatic rings. The van der Waals surface area contributed by atoms with Crippen LogP contribution in [0.2, 0.25) is 0 Å². The number of fused-ring (bicyclic) bond motifs is 27. The second-order valence-corrected chi connectivity index (χ2v) is 33.2. The van der Waals surface area contributed by atoms with Crippen LogP contribution in [-0.4, -0.2) is 42.4 Å². The number of hydrogen-bond donors (Lipinski definition) is 0. The van der Waals surface area contributed by atoms with Crippen LogP contribution in [0.5, 0.6) is 0 Å². The fourth-order valence-corrected chi connectivity index (χ4v) is 20.5. The molecule has 602 valence electrons. The Morgan fingerprint density at radius 2 is 0.442 bits per heavy atom. The van der Waals surface area contributed by atoms with Crippen molar-refractivity contribution in [3.05, 3.63) is 431 Å². The van der Waals surface area contributed by atoms with Crippen LogP contribution in [0.25, 0.3) is 248 Å². The van der Waals surface area contributed by atoms with Gasteiger partial charge in [-0.05, 0) is 211 Å². The summed E-state index contributed by atoms with van der Waals surface area (Å²) in [5, 5.41) is 21.1. The van der Waals surface area contributed by atoms with Gasteiger partial charge in [0.25, 0.3) is 0 Å². The Morgan fingerprint density at radius 1 is 0.178 bits per heavy atom. The summed E-state index contributed by atoms with van der Waals surface area (Å²) >= 11 is 0. The van der Waals surface area contributed by atoms with E-state index in [0.717, 1.165) is 166 Å². The van der Waals surface area contributed by atoms with Crippen LogP contribution >= 0.6 is 0 Å². The van der Waals surface area contributed by atoms with Crippen LogP contribution < -0.4 is 4.57 Å². The van der Waals surface area contributed by atoms with Gasteiger partial charge >= 0.3 is 0 Å². The van der Waals surface area contributed by atoms with Gasteiger partial charge in [0.2, 0.25) is 5.69 Å². The van der Waals surface area contributed by atoms with Gasteiger partial charge in [0, 0.05) is 162 Å².